The third-order valence-corrected chi connectivity index (χ3v) is 15.8. The second kappa shape index (κ2) is 16.1. The van der Waals surface area contributed by atoms with Crippen LogP contribution in [0.3, 0.4) is 0 Å². The number of rotatable bonds is 5. The van der Waals surface area contributed by atoms with Gasteiger partial charge in [0.1, 0.15) is 22.3 Å². The van der Waals surface area contributed by atoms with E-state index in [2.05, 4.69) is 194 Å². The Balaban J connectivity index is 0.000000484. The standard InChI is InChI=1S/C62H32O2.B9/c1-3-25-57-35(15-1)41-21-9-23-43(61(41)63-57)49-31-55-54-30-48-40-20-8-14-34-12-6-18-38(60(34)40)46(48)28-52(54)50(44-24-10-22-42-36-16-2-4-26-58(36)64-62(42)44)32-56(55)53-29-47-39-19-7-13-33-11-5-17-37(59(33)39)45(47)27-51(49)53;1-6-9(7(2)3)8(4)5/h1-32H;. The summed E-state index contributed by atoms with van der Waals surface area (Å²) >= 11 is 0. The first kappa shape index (κ1) is 42.8. The van der Waals surface area contributed by atoms with Crippen molar-refractivity contribution >= 4 is 163 Å². The van der Waals surface area contributed by atoms with Gasteiger partial charge in [-0.15, -0.1) is 0 Å². The van der Waals surface area contributed by atoms with Crippen LogP contribution in [0, 0.1) is 0 Å². The van der Waals surface area contributed by atoms with E-state index in [4.69, 9.17) is 47.5 Å². The van der Waals surface area contributed by atoms with Gasteiger partial charge < -0.3 is 8.83 Å². The van der Waals surface area contributed by atoms with Crippen LogP contribution in [0.25, 0.3) is 165 Å². The van der Waals surface area contributed by atoms with Gasteiger partial charge in [0, 0.05) is 97.6 Å². The second-order valence-electron chi connectivity index (χ2n) is 19.7. The molecule has 319 valence electrons. The molecule has 2 heterocycles. The lowest BCUT2D eigenvalue weighted by molar-refractivity contribution is 0.669. The molecule has 2 aliphatic carbocycles. The Bertz CT molecular complexity index is 4400. The van der Waals surface area contributed by atoms with Crippen LogP contribution in [0.15, 0.2) is 203 Å². The molecule has 2 aliphatic rings. The van der Waals surface area contributed by atoms with Gasteiger partial charge in [0.05, 0.1) is 0 Å². The molecule has 0 fully saturated rings. The van der Waals surface area contributed by atoms with Crippen molar-refractivity contribution in [3.05, 3.63) is 194 Å². The van der Waals surface area contributed by atoms with E-state index in [1.54, 1.807) is 0 Å². The van der Waals surface area contributed by atoms with Gasteiger partial charge in [0.25, 0.3) is 0 Å². The van der Waals surface area contributed by atoms with Crippen LogP contribution in [-0.4, -0.2) is 64.9 Å². The van der Waals surface area contributed by atoms with Crippen LogP contribution >= 0.6 is 0 Å². The van der Waals surface area contributed by atoms with Crippen LogP contribution < -0.4 is 0 Å². The van der Waals surface area contributed by atoms with Crippen LogP contribution in [0.4, 0.5) is 0 Å². The molecule has 12 aromatic carbocycles. The molecule has 2 aromatic heterocycles. The SMILES string of the molecule is [B][B]B(B([B])[B])B([B])[B].c1cc2c3c(cccc3c1)-c1cc3c(cc1-2)c(-c1cccc2c1oc1ccccc12)cc1c2cc4c(cc2c(-c2cccc5c2oc2ccccc25)cc31)-c1cccc2cccc-4c12. The molecule has 0 amide bonds. The maximum Gasteiger partial charge on any atom is 0.143 e. The summed E-state index contributed by atoms with van der Waals surface area (Å²) in [6, 6.07) is 72.0. The summed E-state index contributed by atoms with van der Waals surface area (Å²) in [4.78, 5) is 0. The highest BCUT2D eigenvalue weighted by atomic mass is 16.3. The van der Waals surface area contributed by atoms with E-state index in [1.807, 2.05) is 0 Å². The largest absolute Gasteiger partial charge is 0.455 e. The summed E-state index contributed by atoms with van der Waals surface area (Å²) in [5.74, 6) is 0. The summed E-state index contributed by atoms with van der Waals surface area (Å²) < 4.78 is 13.7. The van der Waals surface area contributed by atoms with Gasteiger partial charge in [-0.25, -0.2) is 0 Å². The number of para-hydroxylation sites is 4. The summed E-state index contributed by atoms with van der Waals surface area (Å²) in [5, 5.41) is 17.0. The second-order valence-corrected chi connectivity index (χ2v) is 19.7. The molecule has 11 radical (unpaired) electrons. The summed E-state index contributed by atoms with van der Waals surface area (Å²) in [7, 11) is 27.5. The molecule has 16 rings (SSSR count). The fourth-order valence-electron chi connectivity index (χ4n) is 12.5. The number of fused-ring (bicyclic) bond motifs is 17. The molecule has 0 saturated heterocycles. The fraction of sp³-hybridized carbons (Fsp3) is 0. The molecule has 11 heteroatoms. The summed E-state index contributed by atoms with van der Waals surface area (Å²) in [6.07, 6.45) is -1.46. The molecule has 0 aliphatic heterocycles. The quantitative estimate of drug-likeness (QED) is 0.127. The Morgan fingerprint density at radius 1 is 0.288 bits per heavy atom. The van der Waals surface area contributed by atoms with Crippen LogP contribution in [-0.2, 0) is 0 Å². The van der Waals surface area contributed by atoms with Gasteiger partial charge in [-0.3, -0.25) is 0 Å². The Labute approximate surface area is 429 Å². The van der Waals surface area contributed by atoms with Crippen LogP contribution in [0.1, 0.15) is 0 Å². The van der Waals surface area contributed by atoms with E-state index in [0.717, 1.165) is 66.1 Å². The molecule has 0 bridgehead atoms. The van der Waals surface area contributed by atoms with Gasteiger partial charge in [-0.2, -0.15) is 0 Å². The molecule has 0 unspecified atom stereocenters. The number of hydrogen-bond donors (Lipinski definition) is 0. The van der Waals surface area contributed by atoms with Crippen molar-refractivity contribution in [2.24, 2.45) is 0 Å². The van der Waals surface area contributed by atoms with Gasteiger partial charge in [0.15, 0.2) is 0 Å². The van der Waals surface area contributed by atoms with E-state index in [0.29, 0.717) is 0 Å². The first-order chi connectivity index (χ1) is 35.8. The van der Waals surface area contributed by atoms with E-state index in [-0.39, 0.29) is 6.39 Å². The molecule has 0 atom stereocenters. The molecular formula is C62H32B9O2. The zero-order valence-corrected chi connectivity index (χ0v) is 39.5. The van der Waals surface area contributed by atoms with E-state index < -0.39 is 12.8 Å². The highest BCUT2D eigenvalue weighted by Gasteiger charge is 2.28. The highest BCUT2D eigenvalue weighted by molar-refractivity contribution is 7.93. The van der Waals surface area contributed by atoms with Gasteiger partial charge in [-0.1, -0.05) is 146 Å². The van der Waals surface area contributed by atoms with Crippen molar-refractivity contribution < 1.29 is 8.83 Å². The third-order valence-electron chi connectivity index (χ3n) is 15.8. The molecule has 0 saturated carbocycles. The van der Waals surface area contributed by atoms with Gasteiger partial charge in [-0.05, 0) is 158 Å². The van der Waals surface area contributed by atoms with E-state index in [9.17, 15) is 0 Å². The number of hydrogen-bond acceptors (Lipinski definition) is 2. The zero-order valence-electron chi connectivity index (χ0n) is 39.5. The lowest BCUT2D eigenvalue weighted by Crippen LogP contribution is -2.55. The molecule has 0 N–H and O–H groups in total. The molecule has 73 heavy (non-hydrogen) atoms. The first-order valence-corrected chi connectivity index (χ1v) is 24.8. The Kier molecular flexibility index (Phi) is 9.41. The van der Waals surface area contributed by atoms with Crippen molar-refractivity contribution in [2.75, 3.05) is 0 Å². The highest BCUT2D eigenvalue weighted by Crippen LogP contribution is 2.55. The minimum absolute atomic E-state index is 0.315. The minimum atomic E-state index is -0.574. The van der Waals surface area contributed by atoms with E-state index >= 15 is 0 Å². The summed E-state index contributed by atoms with van der Waals surface area (Å²) in [5.41, 5.74) is 18.4. The zero-order chi connectivity index (χ0) is 48.8. The smallest absolute Gasteiger partial charge is 0.143 e. The number of benzene rings is 12. The van der Waals surface area contributed by atoms with Crippen molar-refractivity contribution in [1.29, 1.82) is 0 Å². The van der Waals surface area contributed by atoms with Crippen molar-refractivity contribution in [3.8, 4) is 66.8 Å². The van der Waals surface area contributed by atoms with Gasteiger partial charge >= 0.3 is 0 Å². The molecule has 2 nitrogen and oxygen atoms in total. The molecule has 14 aromatic rings. The van der Waals surface area contributed by atoms with Gasteiger partial charge in [0.2, 0.25) is 0 Å². The fourth-order valence-corrected chi connectivity index (χ4v) is 12.5. The Morgan fingerprint density at radius 2 is 0.603 bits per heavy atom. The normalized spacial score (nSPS) is 12.1. The Morgan fingerprint density at radius 3 is 0.973 bits per heavy atom. The van der Waals surface area contributed by atoms with Crippen molar-refractivity contribution in [2.45, 2.75) is 0 Å². The Hall–Kier alpha value is -7.88. The minimum Gasteiger partial charge on any atom is -0.455 e. The predicted molar refractivity (Wildman–Crippen MR) is 320 cm³/mol. The average Bonchev–Trinajstić information content (AvgIpc) is 4.21. The number of furan rings is 2. The topological polar surface area (TPSA) is 26.3 Å². The predicted octanol–water partition coefficient (Wildman–Crippen LogP) is 14.5. The monoisotopic (exact) mass is 907 g/mol. The lowest BCUT2D eigenvalue weighted by Gasteiger charge is -2.19. The molecule has 0 spiro atoms. The van der Waals surface area contributed by atoms with Crippen molar-refractivity contribution in [3.63, 3.8) is 0 Å². The van der Waals surface area contributed by atoms with Crippen LogP contribution in [0.5, 0.6) is 0 Å². The lowest BCUT2D eigenvalue weighted by atomic mass is 8.64. The first-order valence-electron chi connectivity index (χ1n) is 24.8. The van der Waals surface area contributed by atoms with Crippen molar-refractivity contribution in [1.82, 2.24) is 0 Å². The summed E-state index contributed by atoms with van der Waals surface area (Å²) in [6.45, 7) is 0. The van der Waals surface area contributed by atoms with Crippen LogP contribution in [0.2, 0.25) is 0 Å². The maximum absolute atomic E-state index is 6.84. The maximum atomic E-state index is 6.84. The van der Waals surface area contributed by atoms with E-state index in [1.165, 1.54) is 105 Å². The molecular weight excluding hydrogens is 874 g/mol. The third kappa shape index (κ3) is 6.18. The average molecular weight is 906 g/mol.